The molecule has 0 spiro atoms. The number of nitrogens with one attached hydrogen (secondary N) is 1. The van der Waals surface area contributed by atoms with Crippen molar-refractivity contribution in [3.05, 3.63) is 30.0 Å². The van der Waals surface area contributed by atoms with Crippen LogP contribution in [0.2, 0.25) is 0 Å². The first-order valence-corrected chi connectivity index (χ1v) is 10.1. The highest BCUT2D eigenvalue weighted by Gasteiger charge is 2.32. The Bertz CT molecular complexity index is 794. The van der Waals surface area contributed by atoms with Crippen molar-refractivity contribution < 1.29 is 14.6 Å². The predicted molar refractivity (Wildman–Crippen MR) is 110 cm³/mol. The van der Waals surface area contributed by atoms with Gasteiger partial charge in [-0.25, -0.2) is 0 Å². The van der Waals surface area contributed by atoms with Gasteiger partial charge in [0.25, 0.3) is 5.91 Å². The summed E-state index contributed by atoms with van der Waals surface area (Å²) in [6.07, 6.45) is 4.28. The first-order valence-electron chi connectivity index (χ1n) is 10.1. The highest BCUT2D eigenvalue weighted by atomic mass is 16.5. The minimum Gasteiger partial charge on any atom is -0.388 e. The van der Waals surface area contributed by atoms with Crippen molar-refractivity contribution in [2.75, 3.05) is 39.9 Å². The number of fused-ring (bicyclic) bond motifs is 1. The summed E-state index contributed by atoms with van der Waals surface area (Å²) in [4.78, 5) is 15.1. The molecular weight excluding hydrogens is 356 g/mol. The second-order valence-electron chi connectivity index (χ2n) is 8.04. The molecule has 1 aliphatic rings. The molecule has 1 amide bonds. The smallest absolute Gasteiger partial charge is 0.253 e. The Morgan fingerprint density at radius 3 is 2.79 bits per heavy atom. The second kappa shape index (κ2) is 9.03. The highest BCUT2D eigenvalue weighted by molar-refractivity contribution is 6.05. The summed E-state index contributed by atoms with van der Waals surface area (Å²) in [5, 5.41) is 19.3. The minimum absolute atomic E-state index is 0.185. The molecule has 154 valence electrons. The average Bonchev–Trinajstić information content (AvgIpc) is 3.13. The first-order chi connectivity index (χ1) is 13.4. The fraction of sp³-hybridized carbons (Fsp3) is 0.619. The third-order valence-electron chi connectivity index (χ3n) is 5.52. The second-order valence-corrected chi connectivity index (χ2v) is 8.04. The zero-order valence-corrected chi connectivity index (χ0v) is 17.1. The molecule has 0 bridgehead atoms. The summed E-state index contributed by atoms with van der Waals surface area (Å²) in [5.74, 6) is -0.185. The number of carbonyl (C=O) groups is 1. The van der Waals surface area contributed by atoms with Crippen molar-refractivity contribution in [3.63, 3.8) is 0 Å². The zero-order valence-electron chi connectivity index (χ0n) is 17.1. The molecule has 2 heterocycles. The quantitative estimate of drug-likeness (QED) is 0.678. The molecule has 0 saturated carbocycles. The van der Waals surface area contributed by atoms with Gasteiger partial charge in [0.05, 0.1) is 11.2 Å². The van der Waals surface area contributed by atoms with Crippen LogP contribution in [0.1, 0.15) is 49.5 Å². The Balaban J connectivity index is 1.58. The van der Waals surface area contributed by atoms with E-state index in [1.807, 2.05) is 23.0 Å². The van der Waals surface area contributed by atoms with E-state index in [2.05, 4.69) is 29.2 Å². The molecular formula is C21H32N4O3. The number of carbonyl (C=O) groups excluding carboxylic acids is 1. The first kappa shape index (κ1) is 20.8. The Morgan fingerprint density at radius 2 is 2.11 bits per heavy atom. The molecule has 7 nitrogen and oxygen atoms in total. The van der Waals surface area contributed by atoms with Gasteiger partial charge in [0, 0.05) is 57.5 Å². The van der Waals surface area contributed by atoms with E-state index in [9.17, 15) is 9.90 Å². The SMILES string of the molecule is COCCCN1CCC(O)(CNC(=O)c2cccc3cn(C(C)C)nc23)CC1. The molecule has 0 unspecified atom stereocenters. The number of ether oxygens (including phenoxy) is 1. The van der Waals surface area contributed by atoms with Gasteiger partial charge >= 0.3 is 0 Å². The predicted octanol–water partition coefficient (Wildman–Crippen LogP) is 2.21. The number of likely N-dealkylation sites (tertiary alicyclic amines) is 1. The maximum absolute atomic E-state index is 12.8. The number of hydrogen-bond acceptors (Lipinski definition) is 5. The van der Waals surface area contributed by atoms with Gasteiger partial charge in [0.1, 0.15) is 5.52 Å². The lowest BCUT2D eigenvalue weighted by Crippen LogP contribution is -2.51. The third kappa shape index (κ3) is 4.90. The Hall–Kier alpha value is -1.96. The maximum Gasteiger partial charge on any atom is 0.253 e. The number of aliphatic hydroxyl groups is 1. The topological polar surface area (TPSA) is 79.6 Å². The van der Waals surface area contributed by atoms with E-state index >= 15 is 0 Å². The molecule has 1 aromatic heterocycles. The largest absolute Gasteiger partial charge is 0.388 e. The van der Waals surface area contributed by atoms with Crippen LogP contribution in [0.5, 0.6) is 0 Å². The van der Waals surface area contributed by atoms with E-state index < -0.39 is 5.60 Å². The number of amides is 1. The van der Waals surface area contributed by atoms with E-state index in [1.54, 1.807) is 13.2 Å². The van der Waals surface area contributed by atoms with Gasteiger partial charge in [-0.05, 0) is 39.2 Å². The van der Waals surface area contributed by atoms with E-state index in [0.29, 0.717) is 23.9 Å². The molecule has 28 heavy (non-hydrogen) atoms. The van der Waals surface area contributed by atoms with Crippen LogP contribution in [0.25, 0.3) is 10.9 Å². The molecule has 7 heteroatoms. The van der Waals surface area contributed by atoms with Gasteiger partial charge < -0.3 is 20.1 Å². The number of nitrogens with zero attached hydrogens (tertiary/aromatic N) is 3. The zero-order chi connectivity index (χ0) is 20.1. The number of methoxy groups -OCH3 is 1. The normalized spacial score (nSPS) is 17.3. The lowest BCUT2D eigenvalue weighted by molar-refractivity contribution is -0.0200. The average molecular weight is 389 g/mol. The third-order valence-corrected chi connectivity index (χ3v) is 5.52. The van der Waals surface area contributed by atoms with Crippen molar-refractivity contribution in [1.29, 1.82) is 0 Å². The summed E-state index contributed by atoms with van der Waals surface area (Å²) in [6.45, 7) is 7.80. The lowest BCUT2D eigenvalue weighted by Gasteiger charge is -2.38. The van der Waals surface area contributed by atoms with Gasteiger partial charge in [-0.1, -0.05) is 12.1 Å². The number of rotatable bonds is 8. The molecule has 3 rings (SSSR count). The van der Waals surface area contributed by atoms with Gasteiger partial charge in [-0.2, -0.15) is 5.10 Å². The fourth-order valence-corrected chi connectivity index (χ4v) is 3.65. The molecule has 1 aliphatic heterocycles. The van der Waals surface area contributed by atoms with E-state index in [0.717, 1.165) is 38.0 Å². The Labute approximate surface area is 166 Å². The minimum atomic E-state index is -0.849. The van der Waals surface area contributed by atoms with Gasteiger partial charge in [0.2, 0.25) is 0 Å². The molecule has 2 aromatic rings. The van der Waals surface area contributed by atoms with Crippen LogP contribution in [0.4, 0.5) is 0 Å². The van der Waals surface area contributed by atoms with Crippen LogP contribution in [0.15, 0.2) is 24.4 Å². The molecule has 0 aliphatic carbocycles. The number of benzene rings is 1. The van der Waals surface area contributed by atoms with Crippen LogP contribution < -0.4 is 5.32 Å². The lowest BCUT2D eigenvalue weighted by atomic mass is 9.91. The summed E-state index contributed by atoms with van der Waals surface area (Å²) in [5.41, 5.74) is 0.407. The van der Waals surface area contributed by atoms with Gasteiger partial charge in [-0.15, -0.1) is 0 Å². The fourth-order valence-electron chi connectivity index (χ4n) is 3.65. The highest BCUT2D eigenvalue weighted by Crippen LogP contribution is 2.23. The van der Waals surface area contributed by atoms with Crippen molar-refractivity contribution in [2.24, 2.45) is 0 Å². The standard InChI is InChI=1S/C21H32N4O3/c1-16(2)25-14-17-6-4-7-18(19(17)23-25)20(26)22-15-21(27)8-11-24(12-9-21)10-5-13-28-3/h4,6-7,14,16,27H,5,8-13,15H2,1-3H3,(H,22,26). The molecule has 1 fully saturated rings. The summed E-state index contributed by atoms with van der Waals surface area (Å²) < 4.78 is 6.96. The van der Waals surface area contributed by atoms with Gasteiger partial charge in [-0.3, -0.25) is 9.48 Å². The number of hydrogen-bond donors (Lipinski definition) is 2. The monoisotopic (exact) mass is 388 g/mol. The summed E-state index contributed by atoms with van der Waals surface area (Å²) >= 11 is 0. The van der Waals surface area contributed by atoms with Crippen molar-refractivity contribution in [3.8, 4) is 0 Å². The van der Waals surface area contributed by atoms with Crippen molar-refractivity contribution in [2.45, 2.75) is 44.8 Å². The van der Waals surface area contributed by atoms with Gasteiger partial charge in [0.15, 0.2) is 0 Å². The van der Waals surface area contributed by atoms with Crippen LogP contribution in [0.3, 0.4) is 0 Å². The Kier molecular flexibility index (Phi) is 6.69. The van der Waals surface area contributed by atoms with E-state index in [1.165, 1.54) is 0 Å². The maximum atomic E-state index is 12.8. The molecule has 2 N–H and O–H groups in total. The van der Waals surface area contributed by atoms with E-state index in [-0.39, 0.29) is 18.5 Å². The van der Waals surface area contributed by atoms with Crippen molar-refractivity contribution >= 4 is 16.8 Å². The van der Waals surface area contributed by atoms with Crippen molar-refractivity contribution in [1.82, 2.24) is 20.0 Å². The molecule has 1 saturated heterocycles. The molecule has 0 atom stereocenters. The van der Waals surface area contributed by atoms with Crippen LogP contribution in [0, 0.1) is 0 Å². The number of aromatic nitrogens is 2. The summed E-state index contributed by atoms with van der Waals surface area (Å²) in [6, 6.07) is 5.86. The molecule has 1 aromatic carbocycles. The summed E-state index contributed by atoms with van der Waals surface area (Å²) in [7, 11) is 1.71. The van der Waals surface area contributed by atoms with Crippen LogP contribution >= 0.6 is 0 Å². The van der Waals surface area contributed by atoms with E-state index in [4.69, 9.17) is 4.74 Å². The molecule has 0 radical (unpaired) electrons. The van der Waals surface area contributed by atoms with Crippen LogP contribution in [-0.4, -0.2) is 71.2 Å². The number of piperidine rings is 1. The Morgan fingerprint density at radius 1 is 1.36 bits per heavy atom. The van der Waals surface area contributed by atoms with Crippen LogP contribution in [-0.2, 0) is 4.74 Å².